The van der Waals surface area contributed by atoms with Gasteiger partial charge in [-0.1, -0.05) is 56.7 Å². The van der Waals surface area contributed by atoms with Crippen LogP contribution >= 0.6 is 0 Å². The van der Waals surface area contributed by atoms with E-state index in [0.29, 0.717) is 12.0 Å². The van der Waals surface area contributed by atoms with Gasteiger partial charge in [-0.3, -0.25) is 4.99 Å². The van der Waals surface area contributed by atoms with Crippen molar-refractivity contribution >= 4 is 23.2 Å². The highest BCUT2D eigenvalue weighted by atomic mass is 16.5. The Morgan fingerprint density at radius 1 is 1.03 bits per heavy atom. The lowest BCUT2D eigenvalue weighted by atomic mass is 9.77. The number of ether oxygens (including phenoxy) is 1. The average Bonchev–Trinajstić information content (AvgIpc) is 3.45. The number of rotatable bonds is 6. The number of anilines is 2. The number of aliphatic imine (C=N–C) groups is 1. The standard InChI is InChI=1S/C32H36N2O/c1-22-9-6-7-11-28(22)32(2,3)31(33-4)20-14-23-13-19-30-27(21-23)26-10-8-12-29(26)34(30)24-15-17-25(35-5)18-16-24/h6-7,9,11,13-21,26,29H,8,10,12H2,1-5H3. The van der Waals surface area contributed by atoms with Crippen LogP contribution in [0, 0.1) is 6.92 Å². The molecule has 0 N–H and O–H groups in total. The fourth-order valence-electron chi connectivity index (χ4n) is 6.21. The number of allylic oxidation sites excluding steroid dienone is 1. The Labute approximate surface area is 210 Å². The van der Waals surface area contributed by atoms with Gasteiger partial charge in [0.25, 0.3) is 0 Å². The second kappa shape index (κ2) is 9.37. The fourth-order valence-corrected chi connectivity index (χ4v) is 6.21. The first-order valence-electron chi connectivity index (χ1n) is 12.7. The lowest BCUT2D eigenvalue weighted by Crippen LogP contribution is -2.28. The number of hydrogen-bond acceptors (Lipinski definition) is 3. The summed E-state index contributed by atoms with van der Waals surface area (Å²) in [5.74, 6) is 1.50. The van der Waals surface area contributed by atoms with Crippen molar-refractivity contribution in [3.63, 3.8) is 0 Å². The predicted molar refractivity (Wildman–Crippen MR) is 149 cm³/mol. The van der Waals surface area contributed by atoms with Crippen LogP contribution in [0.15, 0.2) is 77.8 Å². The maximum Gasteiger partial charge on any atom is 0.119 e. The van der Waals surface area contributed by atoms with Crippen LogP contribution in [0.3, 0.4) is 0 Å². The van der Waals surface area contributed by atoms with E-state index in [-0.39, 0.29) is 5.41 Å². The third-order valence-electron chi connectivity index (χ3n) is 8.01. The van der Waals surface area contributed by atoms with Gasteiger partial charge in [0.2, 0.25) is 0 Å². The molecular formula is C32H36N2O. The van der Waals surface area contributed by atoms with Gasteiger partial charge < -0.3 is 9.64 Å². The fraction of sp³-hybridized carbons (Fsp3) is 0.344. The van der Waals surface area contributed by atoms with Gasteiger partial charge in [-0.05, 0) is 84.5 Å². The summed E-state index contributed by atoms with van der Waals surface area (Å²) in [7, 11) is 3.62. The van der Waals surface area contributed by atoms with Gasteiger partial charge in [0, 0.05) is 41.5 Å². The minimum atomic E-state index is -0.158. The van der Waals surface area contributed by atoms with Crippen molar-refractivity contribution in [1.29, 1.82) is 0 Å². The molecule has 35 heavy (non-hydrogen) atoms. The quantitative estimate of drug-likeness (QED) is 0.347. The molecule has 0 aromatic heterocycles. The molecule has 1 aliphatic carbocycles. The number of methoxy groups -OCH3 is 1. The molecule has 2 atom stereocenters. The minimum Gasteiger partial charge on any atom is -0.497 e. The van der Waals surface area contributed by atoms with Crippen molar-refractivity contribution in [3.05, 3.63) is 95.1 Å². The number of aryl methyl sites for hydroxylation is 1. The van der Waals surface area contributed by atoms with Crippen molar-refractivity contribution < 1.29 is 4.74 Å². The summed E-state index contributed by atoms with van der Waals surface area (Å²) < 4.78 is 5.38. The summed E-state index contributed by atoms with van der Waals surface area (Å²) in [5.41, 5.74) is 8.89. The summed E-state index contributed by atoms with van der Waals surface area (Å²) in [4.78, 5) is 7.25. The zero-order valence-electron chi connectivity index (χ0n) is 21.6. The third kappa shape index (κ3) is 4.18. The first-order valence-corrected chi connectivity index (χ1v) is 12.7. The molecule has 3 nitrogen and oxygen atoms in total. The lowest BCUT2D eigenvalue weighted by molar-refractivity contribution is 0.415. The molecule has 1 aliphatic heterocycles. The Balaban J connectivity index is 1.45. The number of hydrogen-bond donors (Lipinski definition) is 0. The van der Waals surface area contributed by atoms with E-state index in [1.54, 1.807) is 7.11 Å². The molecule has 0 amide bonds. The molecule has 0 saturated heterocycles. The Kier molecular flexibility index (Phi) is 6.27. The van der Waals surface area contributed by atoms with E-state index in [0.717, 1.165) is 11.5 Å². The smallest absolute Gasteiger partial charge is 0.119 e. The molecule has 180 valence electrons. The molecule has 2 unspecified atom stereocenters. The summed E-state index contributed by atoms with van der Waals surface area (Å²) in [6, 6.07) is 24.7. The molecule has 1 heterocycles. The van der Waals surface area contributed by atoms with Gasteiger partial charge in [-0.2, -0.15) is 0 Å². The van der Waals surface area contributed by atoms with Crippen molar-refractivity contribution in [2.24, 2.45) is 4.99 Å². The topological polar surface area (TPSA) is 24.8 Å². The number of nitrogens with zero attached hydrogens (tertiary/aromatic N) is 2. The maximum absolute atomic E-state index is 5.38. The zero-order valence-corrected chi connectivity index (χ0v) is 21.6. The first kappa shape index (κ1) is 23.4. The summed E-state index contributed by atoms with van der Waals surface area (Å²) in [6.07, 6.45) is 8.24. The molecular weight excluding hydrogens is 428 g/mol. The third-order valence-corrected chi connectivity index (χ3v) is 8.01. The SMILES string of the molecule is CN=C(C=Cc1ccc2c(c1)C1CCCC1N2c1ccc(OC)cc1)C(C)(C)c1ccccc1C. The lowest BCUT2D eigenvalue weighted by Gasteiger charge is -2.27. The van der Waals surface area contributed by atoms with E-state index in [2.05, 4.69) is 105 Å². The Morgan fingerprint density at radius 2 is 1.80 bits per heavy atom. The van der Waals surface area contributed by atoms with Crippen LogP contribution in [-0.2, 0) is 5.41 Å². The van der Waals surface area contributed by atoms with Gasteiger partial charge in [0.05, 0.1) is 7.11 Å². The van der Waals surface area contributed by atoms with Gasteiger partial charge in [0.15, 0.2) is 0 Å². The van der Waals surface area contributed by atoms with Crippen LogP contribution in [0.4, 0.5) is 11.4 Å². The van der Waals surface area contributed by atoms with E-state index in [9.17, 15) is 0 Å². The Morgan fingerprint density at radius 3 is 2.51 bits per heavy atom. The van der Waals surface area contributed by atoms with E-state index in [1.165, 1.54) is 52.9 Å². The van der Waals surface area contributed by atoms with Crippen LogP contribution in [0.25, 0.3) is 6.08 Å². The van der Waals surface area contributed by atoms with E-state index in [4.69, 9.17) is 9.73 Å². The molecule has 0 radical (unpaired) electrons. The van der Waals surface area contributed by atoms with Crippen LogP contribution in [0.1, 0.15) is 61.3 Å². The van der Waals surface area contributed by atoms with Gasteiger partial charge in [-0.25, -0.2) is 0 Å². The summed E-state index contributed by atoms with van der Waals surface area (Å²) in [5, 5.41) is 0. The molecule has 3 aromatic carbocycles. The van der Waals surface area contributed by atoms with E-state index < -0.39 is 0 Å². The van der Waals surface area contributed by atoms with Gasteiger partial charge in [0.1, 0.15) is 5.75 Å². The highest BCUT2D eigenvalue weighted by Crippen LogP contribution is 2.52. The number of benzene rings is 3. The minimum absolute atomic E-state index is 0.158. The molecule has 5 rings (SSSR count). The molecule has 2 aliphatic rings. The van der Waals surface area contributed by atoms with E-state index >= 15 is 0 Å². The van der Waals surface area contributed by atoms with Gasteiger partial charge >= 0.3 is 0 Å². The van der Waals surface area contributed by atoms with Crippen molar-refractivity contribution in [3.8, 4) is 5.75 Å². The highest BCUT2D eigenvalue weighted by molar-refractivity contribution is 6.05. The van der Waals surface area contributed by atoms with Crippen LogP contribution < -0.4 is 9.64 Å². The molecule has 3 aromatic rings. The van der Waals surface area contributed by atoms with Crippen LogP contribution in [0.5, 0.6) is 5.75 Å². The molecule has 0 bridgehead atoms. The van der Waals surface area contributed by atoms with Crippen molar-refractivity contribution in [2.75, 3.05) is 19.1 Å². The van der Waals surface area contributed by atoms with Gasteiger partial charge in [-0.15, -0.1) is 0 Å². The molecule has 3 heteroatoms. The Bertz CT molecular complexity index is 1270. The number of fused-ring (bicyclic) bond motifs is 3. The molecule has 0 spiro atoms. The summed E-state index contributed by atoms with van der Waals surface area (Å²) in [6.45, 7) is 6.71. The van der Waals surface area contributed by atoms with E-state index in [1.807, 2.05) is 7.05 Å². The largest absolute Gasteiger partial charge is 0.497 e. The summed E-state index contributed by atoms with van der Waals surface area (Å²) >= 11 is 0. The van der Waals surface area contributed by atoms with Crippen LogP contribution in [-0.4, -0.2) is 25.9 Å². The molecule has 1 saturated carbocycles. The monoisotopic (exact) mass is 464 g/mol. The van der Waals surface area contributed by atoms with Crippen molar-refractivity contribution in [2.45, 2.75) is 57.4 Å². The normalized spacial score (nSPS) is 19.8. The van der Waals surface area contributed by atoms with Crippen LogP contribution in [0.2, 0.25) is 0 Å². The second-order valence-corrected chi connectivity index (χ2v) is 10.4. The first-order chi connectivity index (χ1) is 16.9. The molecule has 1 fully saturated rings. The highest BCUT2D eigenvalue weighted by Gasteiger charge is 2.42. The second-order valence-electron chi connectivity index (χ2n) is 10.4. The van der Waals surface area contributed by atoms with Crippen molar-refractivity contribution in [1.82, 2.24) is 0 Å². The predicted octanol–water partition coefficient (Wildman–Crippen LogP) is 7.85. The maximum atomic E-state index is 5.38. The average molecular weight is 465 g/mol. The zero-order chi connectivity index (χ0) is 24.6. The Hall–Kier alpha value is -3.33.